The number of nitrogens with zero attached hydrogens (tertiary/aromatic N) is 1. The van der Waals surface area contributed by atoms with Gasteiger partial charge in [0.25, 0.3) is 0 Å². The molecule has 1 aromatic carbocycles. The molecule has 0 aromatic heterocycles. The molecule has 1 fully saturated rings. The molecule has 2 N–H and O–H groups in total. The van der Waals surface area contributed by atoms with Crippen LogP contribution in [0, 0.1) is 5.92 Å². The Morgan fingerprint density at radius 2 is 1.95 bits per heavy atom. The van der Waals surface area contributed by atoms with E-state index in [1.165, 1.54) is 5.56 Å². The van der Waals surface area contributed by atoms with Crippen LogP contribution in [0.15, 0.2) is 43.0 Å². The van der Waals surface area contributed by atoms with Gasteiger partial charge in [0.1, 0.15) is 0 Å². The summed E-state index contributed by atoms with van der Waals surface area (Å²) in [6.45, 7) is 5.14. The second-order valence-corrected chi connectivity index (χ2v) is 7.31. The number of sulfonamides is 1. The van der Waals surface area contributed by atoms with Gasteiger partial charge in [-0.3, -0.25) is 0 Å². The summed E-state index contributed by atoms with van der Waals surface area (Å²) >= 11 is 0. The van der Waals surface area contributed by atoms with Crippen LogP contribution >= 0.6 is 12.4 Å². The van der Waals surface area contributed by atoms with Gasteiger partial charge in [-0.2, -0.15) is 0 Å². The average molecular weight is 331 g/mol. The van der Waals surface area contributed by atoms with Crippen molar-refractivity contribution in [3.63, 3.8) is 0 Å². The molecule has 1 aliphatic heterocycles. The van der Waals surface area contributed by atoms with Gasteiger partial charge in [0.2, 0.25) is 10.0 Å². The van der Waals surface area contributed by atoms with Crippen LogP contribution in [-0.4, -0.2) is 38.1 Å². The summed E-state index contributed by atoms with van der Waals surface area (Å²) in [5.74, 6) is 0.519. The molecule has 6 heteroatoms. The summed E-state index contributed by atoms with van der Waals surface area (Å²) in [6, 6.07) is 10.0. The molecule has 0 bridgehead atoms. The van der Waals surface area contributed by atoms with Gasteiger partial charge in [0.15, 0.2) is 0 Å². The van der Waals surface area contributed by atoms with Gasteiger partial charge >= 0.3 is 0 Å². The van der Waals surface area contributed by atoms with E-state index in [0.29, 0.717) is 26.1 Å². The number of nitrogens with two attached hydrogens (primary N) is 1. The summed E-state index contributed by atoms with van der Waals surface area (Å²) in [5, 5.41) is 0. The summed E-state index contributed by atoms with van der Waals surface area (Å²) in [5.41, 5.74) is 7.00. The maximum absolute atomic E-state index is 12.3. The predicted molar refractivity (Wildman–Crippen MR) is 89.1 cm³/mol. The summed E-state index contributed by atoms with van der Waals surface area (Å²) in [6.07, 6.45) is 2.13. The Kier molecular flexibility index (Phi) is 6.87. The SMILES string of the molecule is C=CCCS(=O)(=O)N1C[C@@H](CN)[C@H](c2ccccc2)C1.Cl. The quantitative estimate of drug-likeness (QED) is 0.811. The van der Waals surface area contributed by atoms with E-state index in [0.717, 1.165) is 0 Å². The highest BCUT2D eigenvalue weighted by molar-refractivity contribution is 7.89. The summed E-state index contributed by atoms with van der Waals surface area (Å²) in [4.78, 5) is 0. The normalized spacial score (nSPS) is 22.7. The van der Waals surface area contributed by atoms with Crippen molar-refractivity contribution in [2.75, 3.05) is 25.4 Å². The molecule has 1 heterocycles. The second kappa shape index (κ2) is 7.94. The zero-order valence-corrected chi connectivity index (χ0v) is 13.7. The lowest BCUT2D eigenvalue weighted by Gasteiger charge is -2.16. The maximum Gasteiger partial charge on any atom is 0.214 e. The fourth-order valence-corrected chi connectivity index (χ4v) is 4.27. The number of halogens is 1. The molecule has 0 unspecified atom stereocenters. The van der Waals surface area contributed by atoms with Crippen molar-refractivity contribution >= 4 is 22.4 Å². The molecule has 2 atom stereocenters. The minimum Gasteiger partial charge on any atom is -0.330 e. The third kappa shape index (κ3) is 4.30. The van der Waals surface area contributed by atoms with E-state index < -0.39 is 10.0 Å². The lowest BCUT2D eigenvalue weighted by molar-refractivity contribution is 0.459. The van der Waals surface area contributed by atoms with Crippen molar-refractivity contribution in [1.82, 2.24) is 4.31 Å². The Labute approximate surface area is 133 Å². The molecule has 0 saturated carbocycles. The molecular formula is C15H23ClN2O2S. The monoisotopic (exact) mass is 330 g/mol. The molecule has 2 rings (SSSR count). The van der Waals surface area contributed by atoms with E-state index in [1.807, 2.05) is 30.3 Å². The largest absolute Gasteiger partial charge is 0.330 e. The van der Waals surface area contributed by atoms with E-state index in [2.05, 4.69) is 6.58 Å². The van der Waals surface area contributed by atoms with Gasteiger partial charge in [0.05, 0.1) is 5.75 Å². The van der Waals surface area contributed by atoms with Gasteiger partial charge in [-0.05, 0) is 24.4 Å². The van der Waals surface area contributed by atoms with Crippen molar-refractivity contribution in [2.24, 2.45) is 11.7 Å². The Morgan fingerprint density at radius 3 is 2.52 bits per heavy atom. The number of benzene rings is 1. The maximum atomic E-state index is 12.3. The first-order chi connectivity index (χ1) is 9.58. The summed E-state index contributed by atoms with van der Waals surface area (Å²) < 4.78 is 26.1. The van der Waals surface area contributed by atoms with Gasteiger partial charge in [-0.25, -0.2) is 12.7 Å². The Balaban J connectivity index is 0.00000220. The highest BCUT2D eigenvalue weighted by atomic mass is 35.5. The van der Waals surface area contributed by atoms with E-state index in [-0.39, 0.29) is 30.0 Å². The Morgan fingerprint density at radius 1 is 1.29 bits per heavy atom. The van der Waals surface area contributed by atoms with Crippen LogP contribution in [0.3, 0.4) is 0 Å². The average Bonchev–Trinajstić information content (AvgIpc) is 2.91. The molecule has 1 saturated heterocycles. The third-order valence-electron chi connectivity index (χ3n) is 3.91. The summed E-state index contributed by atoms with van der Waals surface area (Å²) in [7, 11) is -3.20. The van der Waals surface area contributed by atoms with Crippen molar-refractivity contribution in [3.8, 4) is 0 Å². The molecular weight excluding hydrogens is 308 g/mol. The Hall–Kier alpha value is -0.880. The fraction of sp³-hybridized carbons (Fsp3) is 0.467. The van der Waals surface area contributed by atoms with E-state index in [1.54, 1.807) is 10.4 Å². The number of hydrogen-bond donors (Lipinski definition) is 1. The van der Waals surface area contributed by atoms with Crippen LogP contribution in [0.25, 0.3) is 0 Å². The van der Waals surface area contributed by atoms with Crippen molar-refractivity contribution in [3.05, 3.63) is 48.6 Å². The Bertz CT molecular complexity index is 548. The molecule has 118 valence electrons. The molecule has 0 aliphatic carbocycles. The van der Waals surface area contributed by atoms with E-state index in [4.69, 9.17) is 5.73 Å². The van der Waals surface area contributed by atoms with Crippen LogP contribution in [0.2, 0.25) is 0 Å². The molecule has 1 aliphatic rings. The van der Waals surface area contributed by atoms with Gasteiger partial charge in [-0.1, -0.05) is 36.4 Å². The van der Waals surface area contributed by atoms with Gasteiger partial charge in [0, 0.05) is 19.0 Å². The number of rotatable bonds is 6. The minimum absolute atomic E-state index is 0. The van der Waals surface area contributed by atoms with Gasteiger partial charge in [-0.15, -0.1) is 19.0 Å². The highest BCUT2D eigenvalue weighted by Gasteiger charge is 2.38. The lowest BCUT2D eigenvalue weighted by atomic mass is 9.89. The van der Waals surface area contributed by atoms with Crippen molar-refractivity contribution in [2.45, 2.75) is 12.3 Å². The third-order valence-corrected chi connectivity index (χ3v) is 5.75. The molecule has 0 radical (unpaired) electrons. The number of allylic oxidation sites excluding steroid dienone is 1. The lowest BCUT2D eigenvalue weighted by Crippen LogP contribution is -2.31. The first-order valence-corrected chi connectivity index (χ1v) is 8.53. The van der Waals surface area contributed by atoms with Gasteiger partial charge < -0.3 is 5.73 Å². The molecule has 1 aromatic rings. The topological polar surface area (TPSA) is 63.4 Å². The standard InChI is InChI=1S/C15H22N2O2S.ClH/c1-2-3-9-20(18,19)17-11-14(10-16)15(12-17)13-7-5-4-6-8-13;/h2,4-8,14-15H,1,3,9-12,16H2;1H/t14-,15+;/m1./s1. The van der Waals surface area contributed by atoms with E-state index in [9.17, 15) is 8.42 Å². The second-order valence-electron chi connectivity index (χ2n) is 5.22. The molecule has 21 heavy (non-hydrogen) atoms. The first kappa shape index (κ1) is 18.2. The fourth-order valence-electron chi connectivity index (χ4n) is 2.74. The number of hydrogen-bond acceptors (Lipinski definition) is 3. The van der Waals surface area contributed by atoms with Crippen LogP contribution in [0.5, 0.6) is 0 Å². The van der Waals surface area contributed by atoms with Crippen LogP contribution in [-0.2, 0) is 10.0 Å². The predicted octanol–water partition coefficient (Wildman–Crippen LogP) is 1.99. The molecule has 0 spiro atoms. The van der Waals surface area contributed by atoms with Crippen LogP contribution in [0.4, 0.5) is 0 Å². The zero-order valence-electron chi connectivity index (χ0n) is 12.0. The van der Waals surface area contributed by atoms with Crippen molar-refractivity contribution in [1.29, 1.82) is 0 Å². The van der Waals surface area contributed by atoms with Crippen LogP contribution in [0.1, 0.15) is 17.9 Å². The van der Waals surface area contributed by atoms with Crippen LogP contribution < -0.4 is 5.73 Å². The zero-order chi connectivity index (χ0) is 14.6. The molecule has 0 amide bonds. The first-order valence-electron chi connectivity index (χ1n) is 6.92. The van der Waals surface area contributed by atoms with Crippen molar-refractivity contribution < 1.29 is 8.42 Å². The highest BCUT2D eigenvalue weighted by Crippen LogP contribution is 2.33. The smallest absolute Gasteiger partial charge is 0.214 e. The van der Waals surface area contributed by atoms with E-state index >= 15 is 0 Å². The molecule has 4 nitrogen and oxygen atoms in total. The minimum atomic E-state index is -3.20.